The Bertz CT molecular complexity index is 1750. The Kier molecular flexibility index (Phi) is 8.74. The maximum absolute atomic E-state index is 14.6. The predicted octanol–water partition coefficient (Wildman–Crippen LogP) is 6.10. The average molecular weight is 599 g/mol. The number of benzene rings is 3. The van der Waals surface area contributed by atoms with Crippen molar-refractivity contribution in [1.82, 2.24) is 24.6 Å². The molecule has 0 N–H and O–H groups in total. The third-order valence-electron chi connectivity index (χ3n) is 7.96. The van der Waals surface area contributed by atoms with Crippen LogP contribution in [0.2, 0.25) is 0 Å². The molecule has 0 saturated carbocycles. The van der Waals surface area contributed by atoms with Crippen molar-refractivity contribution in [3.8, 4) is 5.75 Å². The number of rotatable bonds is 10. The monoisotopic (exact) mass is 598 g/mol. The van der Waals surface area contributed by atoms with Gasteiger partial charge in [0.15, 0.2) is 5.65 Å². The van der Waals surface area contributed by atoms with Gasteiger partial charge in [-0.25, -0.2) is 9.37 Å². The number of carbonyl (C=O) groups is 1. The molecule has 6 rings (SSSR count). The largest absolute Gasteiger partial charge is 0.495 e. The summed E-state index contributed by atoms with van der Waals surface area (Å²) in [5, 5.41) is 10.5. The summed E-state index contributed by atoms with van der Waals surface area (Å²) in [5.41, 5.74) is 5.16. The van der Waals surface area contributed by atoms with E-state index in [1.165, 1.54) is 17.8 Å². The highest BCUT2D eigenvalue weighted by molar-refractivity contribution is 7.99. The fourth-order valence-corrected chi connectivity index (χ4v) is 6.44. The molecule has 0 unspecified atom stereocenters. The van der Waals surface area contributed by atoms with Gasteiger partial charge in [0.05, 0.1) is 24.9 Å². The van der Waals surface area contributed by atoms with Crippen molar-refractivity contribution in [2.45, 2.75) is 37.9 Å². The number of para-hydroxylation sites is 2. The van der Waals surface area contributed by atoms with Crippen molar-refractivity contribution in [3.05, 3.63) is 83.7 Å². The number of thioether (sulfide) groups is 1. The first-order valence-electron chi connectivity index (χ1n) is 14.7. The number of carbonyl (C=O) groups excluding carboxylic acids is 1. The number of fused-ring (bicyclic) bond motifs is 3. The predicted molar refractivity (Wildman–Crippen MR) is 169 cm³/mol. The second kappa shape index (κ2) is 13.0. The van der Waals surface area contributed by atoms with Gasteiger partial charge in [-0.3, -0.25) is 4.79 Å². The van der Waals surface area contributed by atoms with E-state index >= 15 is 0 Å². The minimum absolute atomic E-state index is 0.206. The molecule has 3 aromatic carbocycles. The van der Waals surface area contributed by atoms with Crippen LogP contribution in [0.25, 0.3) is 22.1 Å². The molecule has 1 amide bonds. The number of aromatic nitrogens is 4. The first-order valence-corrected chi connectivity index (χ1v) is 15.7. The quantitative estimate of drug-likeness (QED) is 0.142. The SMILES string of the molecule is COc1ccccc1N1CCN(C(=O)CCCCSc2nnc3c4cc(C)ccc4n(Cc4ccccc4F)c3n2)CC1. The number of nitrogens with zero attached hydrogens (tertiary/aromatic N) is 6. The van der Waals surface area contributed by atoms with Gasteiger partial charge in [-0.05, 0) is 50.1 Å². The molecule has 0 spiro atoms. The summed E-state index contributed by atoms with van der Waals surface area (Å²) >= 11 is 1.54. The molecule has 1 saturated heterocycles. The molecule has 1 aliphatic rings. The number of piperazine rings is 1. The third-order valence-corrected chi connectivity index (χ3v) is 8.89. The maximum Gasteiger partial charge on any atom is 0.222 e. The van der Waals surface area contributed by atoms with Crippen molar-refractivity contribution in [1.29, 1.82) is 0 Å². The van der Waals surface area contributed by atoms with E-state index < -0.39 is 0 Å². The van der Waals surface area contributed by atoms with E-state index in [9.17, 15) is 9.18 Å². The number of methoxy groups -OCH3 is 1. The van der Waals surface area contributed by atoms with Crippen LogP contribution in [0.5, 0.6) is 5.75 Å². The lowest BCUT2D eigenvalue weighted by molar-refractivity contribution is -0.131. The Hall–Kier alpha value is -4.18. The Morgan fingerprint density at radius 2 is 1.77 bits per heavy atom. The van der Waals surface area contributed by atoms with Crippen LogP contribution in [-0.2, 0) is 11.3 Å². The molecule has 1 aliphatic heterocycles. The summed E-state index contributed by atoms with van der Waals surface area (Å²) in [6.45, 7) is 5.41. The van der Waals surface area contributed by atoms with Crippen LogP contribution in [0.4, 0.5) is 10.1 Å². The van der Waals surface area contributed by atoms with Gasteiger partial charge in [0.25, 0.3) is 0 Å². The topological polar surface area (TPSA) is 76.4 Å². The molecule has 0 bridgehead atoms. The van der Waals surface area contributed by atoms with Gasteiger partial charge in [-0.2, -0.15) is 0 Å². The molecular formula is C33H35FN6O2S. The molecule has 222 valence electrons. The summed E-state index contributed by atoms with van der Waals surface area (Å²) in [4.78, 5) is 22.0. The molecule has 10 heteroatoms. The van der Waals surface area contributed by atoms with Crippen LogP contribution in [0, 0.1) is 12.7 Å². The van der Waals surface area contributed by atoms with Gasteiger partial charge in [0.2, 0.25) is 11.1 Å². The smallest absolute Gasteiger partial charge is 0.222 e. The van der Waals surface area contributed by atoms with Crippen LogP contribution in [0.3, 0.4) is 0 Å². The molecule has 8 nitrogen and oxygen atoms in total. The highest BCUT2D eigenvalue weighted by atomic mass is 32.2. The van der Waals surface area contributed by atoms with Gasteiger partial charge in [-0.1, -0.05) is 53.7 Å². The zero-order valence-corrected chi connectivity index (χ0v) is 25.3. The van der Waals surface area contributed by atoms with Gasteiger partial charge < -0.3 is 19.1 Å². The Labute approximate surface area is 254 Å². The molecule has 43 heavy (non-hydrogen) atoms. The maximum atomic E-state index is 14.6. The highest BCUT2D eigenvalue weighted by Gasteiger charge is 2.22. The standard InChI is InChI=1S/C33H35FN6O2S/c1-23-14-15-27-25(21-23)31-32(40(27)22-24-9-3-4-10-26(24)34)35-33(37-36-31)43-20-8-7-13-30(41)39-18-16-38(17-19-39)28-11-5-6-12-29(28)42-2/h3-6,9-12,14-15,21H,7-8,13,16-20,22H2,1-2H3. The summed E-state index contributed by atoms with van der Waals surface area (Å²) in [6, 6.07) is 21.0. The summed E-state index contributed by atoms with van der Waals surface area (Å²) in [7, 11) is 1.69. The van der Waals surface area contributed by atoms with E-state index in [0.717, 1.165) is 65.1 Å². The van der Waals surface area contributed by atoms with E-state index in [2.05, 4.69) is 27.2 Å². The average Bonchev–Trinajstić information content (AvgIpc) is 3.33. The molecule has 1 fully saturated rings. The van der Waals surface area contributed by atoms with Crippen molar-refractivity contribution < 1.29 is 13.9 Å². The van der Waals surface area contributed by atoms with E-state index in [4.69, 9.17) is 9.72 Å². The summed E-state index contributed by atoms with van der Waals surface area (Å²) < 4.78 is 22.1. The van der Waals surface area contributed by atoms with Gasteiger partial charge in [-0.15, -0.1) is 10.2 Å². The number of hydrogen-bond donors (Lipinski definition) is 0. The summed E-state index contributed by atoms with van der Waals surface area (Å²) in [5.74, 6) is 1.61. The van der Waals surface area contributed by atoms with E-state index in [0.29, 0.717) is 42.4 Å². The number of unbranched alkanes of at least 4 members (excludes halogenated alkanes) is 1. The number of ether oxygens (including phenoxy) is 1. The zero-order valence-electron chi connectivity index (χ0n) is 24.5. The number of aryl methyl sites for hydroxylation is 1. The fourth-order valence-electron chi connectivity index (χ4n) is 5.66. The molecule has 0 aliphatic carbocycles. The van der Waals surface area contributed by atoms with Crippen LogP contribution < -0.4 is 9.64 Å². The minimum Gasteiger partial charge on any atom is -0.495 e. The lowest BCUT2D eigenvalue weighted by atomic mass is 10.1. The molecule has 5 aromatic rings. The molecule has 3 heterocycles. The van der Waals surface area contributed by atoms with Crippen molar-refractivity contribution in [2.24, 2.45) is 0 Å². The second-order valence-electron chi connectivity index (χ2n) is 10.8. The van der Waals surface area contributed by atoms with Crippen molar-refractivity contribution >= 4 is 45.4 Å². The van der Waals surface area contributed by atoms with E-state index in [1.807, 2.05) is 52.8 Å². The Morgan fingerprint density at radius 3 is 2.58 bits per heavy atom. The molecule has 0 radical (unpaired) electrons. The van der Waals surface area contributed by atoms with E-state index in [-0.39, 0.29) is 11.7 Å². The second-order valence-corrected chi connectivity index (χ2v) is 11.9. The van der Waals surface area contributed by atoms with Crippen molar-refractivity contribution in [3.63, 3.8) is 0 Å². The van der Waals surface area contributed by atoms with Crippen LogP contribution in [0.1, 0.15) is 30.4 Å². The number of hydrogen-bond acceptors (Lipinski definition) is 7. The zero-order chi connectivity index (χ0) is 29.8. The van der Waals surface area contributed by atoms with Gasteiger partial charge >= 0.3 is 0 Å². The first-order chi connectivity index (χ1) is 21.0. The fraction of sp³-hybridized carbons (Fsp3) is 0.333. The Balaban J connectivity index is 1.04. The Morgan fingerprint density at radius 1 is 0.977 bits per heavy atom. The third kappa shape index (κ3) is 6.29. The van der Waals surface area contributed by atoms with Gasteiger partial charge in [0.1, 0.15) is 17.1 Å². The number of amides is 1. The number of halogens is 1. The highest BCUT2D eigenvalue weighted by Crippen LogP contribution is 2.30. The lowest BCUT2D eigenvalue weighted by Crippen LogP contribution is -2.48. The number of anilines is 1. The minimum atomic E-state index is -0.242. The van der Waals surface area contributed by atoms with Crippen LogP contribution in [0.15, 0.2) is 71.9 Å². The summed E-state index contributed by atoms with van der Waals surface area (Å²) in [6.07, 6.45) is 2.21. The molecule has 0 atom stereocenters. The normalized spacial score (nSPS) is 13.7. The lowest BCUT2D eigenvalue weighted by Gasteiger charge is -2.36. The van der Waals surface area contributed by atoms with Crippen LogP contribution >= 0.6 is 11.8 Å². The van der Waals surface area contributed by atoms with E-state index in [1.54, 1.807) is 19.2 Å². The van der Waals surface area contributed by atoms with Crippen molar-refractivity contribution in [2.75, 3.05) is 43.9 Å². The van der Waals surface area contributed by atoms with Crippen LogP contribution in [-0.4, -0.2) is 69.6 Å². The van der Waals surface area contributed by atoms with Gasteiger partial charge in [0, 0.05) is 49.3 Å². The first kappa shape index (κ1) is 28.9. The molecular weight excluding hydrogens is 563 g/mol. The molecule has 2 aromatic heterocycles.